The number of oxime groups is 1. The fourth-order valence-corrected chi connectivity index (χ4v) is 1.94. The Morgan fingerprint density at radius 3 is 2.67 bits per heavy atom. The minimum Gasteiger partial charge on any atom is -0.504 e. The number of rotatable bonds is 6. The molecule has 0 fully saturated rings. The maximum Gasteiger partial charge on any atom is 0.142 e. The van der Waals surface area contributed by atoms with Crippen LogP contribution in [0.3, 0.4) is 0 Å². The average molecular weight is 285 g/mol. The van der Waals surface area contributed by atoms with Gasteiger partial charge >= 0.3 is 0 Å². The van der Waals surface area contributed by atoms with Crippen molar-refractivity contribution in [3.8, 4) is 0 Å². The van der Waals surface area contributed by atoms with Crippen molar-refractivity contribution < 1.29 is 14.0 Å². The van der Waals surface area contributed by atoms with Gasteiger partial charge in [0.25, 0.3) is 0 Å². The smallest absolute Gasteiger partial charge is 0.142 e. The van der Waals surface area contributed by atoms with Crippen LogP contribution in [0.2, 0.25) is 0 Å². The van der Waals surface area contributed by atoms with Crippen LogP contribution in [0.5, 0.6) is 0 Å². The van der Waals surface area contributed by atoms with Crippen LogP contribution >= 0.6 is 0 Å². The summed E-state index contributed by atoms with van der Waals surface area (Å²) >= 11 is 0. The van der Waals surface area contributed by atoms with Gasteiger partial charge < -0.3 is 14.0 Å². The highest BCUT2D eigenvalue weighted by molar-refractivity contribution is 5.79. The predicted molar refractivity (Wildman–Crippen MR) is 82.8 cm³/mol. The summed E-state index contributed by atoms with van der Waals surface area (Å²) in [4.78, 5) is 5.36. The molecular weight excluding hydrogens is 266 g/mol. The van der Waals surface area contributed by atoms with Gasteiger partial charge in [-0.1, -0.05) is 29.4 Å². The molecule has 0 N–H and O–H groups in total. The molecule has 0 amide bonds. The SMILES string of the molecule is COC=C(c1ccco1)c1ccccc1CON=C(C)C. The molecule has 0 radical (unpaired) electrons. The van der Waals surface area contributed by atoms with Crippen molar-refractivity contribution in [3.05, 3.63) is 65.8 Å². The molecule has 0 aliphatic heterocycles. The van der Waals surface area contributed by atoms with E-state index < -0.39 is 0 Å². The molecule has 0 aliphatic rings. The number of hydrogen-bond acceptors (Lipinski definition) is 4. The molecule has 2 aromatic rings. The quantitative estimate of drug-likeness (QED) is 0.453. The molecule has 1 heterocycles. The summed E-state index contributed by atoms with van der Waals surface area (Å²) < 4.78 is 10.7. The van der Waals surface area contributed by atoms with E-state index in [1.165, 1.54) is 0 Å². The summed E-state index contributed by atoms with van der Waals surface area (Å²) in [6.07, 6.45) is 3.31. The molecule has 4 nitrogen and oxygen atoms in total. The molecule has 1 aromatic heterocycles. The van der Waals surface area contributed by atoms with Gasteiger partial charge in [0.05, 0.1) is 30.9 Å². The minimum absolute atomic E-state index is 0.392. The van der Waals surface area contributed by atoms with Crippen LogP contribution in [-0.4, -0.2) is 12.8 Å². The molecule has 0 saturated heterocycles. The molecule has 0 aliphatic carbocycles. The first-order valence-corrected chi connectivity index (χ1v) is 6.70. The molecule has 0 saturated carbocycles. The van der Waals surface area contributed by atoms with Gasteiger partial charge in [-0.25, -0.2) is 0 Å². The van der Waals surface area contributed by atoms with Crippen LogP contribution in [0.25, 0.3) is 5.57 Å². The maximum absolute atomic E-state index is 5.48. The van der Waals surface area contributed by atoms with E-state index in [9.17, 15) is 0 Å². The number of furan rings is 1. The van der Waals surface area contributed by atoms with Gasteiger partial charge in [0.2, 0.25) is 0 Å². The highest BCUT2D eigenvalue weighted by Crippen LogP contribution is 2.27. The van der Waals surface area contributed by atoms with Crippen molar-refractivity contribution >= 4 is 11.3 Å². The van der Waals surface area contributed by atoms with Gasteiger partial charge in [0.15, 0.2) is 0 Å². The van der Waals surface area contributed by atoms with Crippen LogP contribution in [0.1, 0.15) is 30.7 Å². The maximum atomic E-state index is 5.48. The first-order chi connectivity index (χ1) is 10.2. The molecule has 0 spiro atoms. The molecule has 21 heavy (non-hydrogen) atoms. The molecular formula is C17H19NO3. The lowest BCUT2D eigenvalue weighted by Crippen LogP contribution is -1.97. The summed E-state index contributed by atoms with van der Waals surface area (Å²) in [6.45, 7) is 4.18. The molecule has 4 heteroatoms. The van der Waals surface area contributed by atoms with Gasteiger partial charge in [-0.2, -0.15) is 0 Å². The zero-order valence-corrected chi connectivity index (χ0v) is 12.5. The molecule has 0 atom stereocenters. The zero-order chi connectivity index (χ0) is 15.1. The topological polar surface area (TPSA) is 44.0 Å². The molecule has 2 rings (SSSR count). The van der Waals surface area contributed by atoms with E-state index in [1.54, 1.807) is 19.6 Å². The van der Waals surface area contributed by atoms with Crippen molar-refractivity contribution in [2.75, 3.05) is 7.11 Å². The van der Waals surface area contributed by atoms with Crippen molar-refractivity contribution in [2.24, 2.45) is 5.16 Å². The second kappa shape index (κ2) is 7.33. The number of hydrogen-bond donors (Lipinski definition) is 0. The minimum atomic E-state index is 0.392. The van der Waals surface area contributed by atoms with Crippen molar-refractivity contribution in [2.45, 2.75) is 20.5 Å². The highest BCUT2D eigenvalue weighted by Gasteiger charge is 2.13. The molecule has 110 valence electrons. The normalized spacial score (nSPS) is 11.1. The Hall–Kier alpha value is -2.49. The lowest BCUT2D eigenvalue weighted by Gasteiger charge is -2.10. The lowest BCUT2D eigenvalue weighted by molar-refractivity contribution is 0.130. The molecule has 0 bridgehead atoms. The molecule has 0 unspecified atom stereocenters. The van der Waals surface area contributed by atoms with E-state index in [-0.39, 0.29) is 0 Å². The van der Waals surface area contributed by atoms with Crippen molar-refractivity contribution in [1.82, 2.24) is 0 Å². The Morgan fingerprint density at radius 1 is 1.19 bits per heavy atom. The van der Waals surface area contributed by atoms with Crippen LogP contribution in [-0.2, 0) is 16.2 Å². The zero-order valence-electron chi connectivity index (χ0n) is 12.5. The Balaban J connectivity index is 2.33. The summed E-state index contributed by atoms with van der Waals surface area (Å²) in [5.41, 5.74) is 3.77. The number of methoxy groups -OCH3 is 1. The van der Waals surface area contributed by atoms with E-state index in [1.807, 2.05) is 50.2 Å². The Morgan fingerprint density at radius 2 is 2.00 bits per heavy atom. The van der Waals surface area contributed by atoms with Gasteiger partial charge in [0, 0.05) is 5.56 Å². The standard InChI is InChI=1S/C17H19NO3/c1-13(2)18-21-11-14-7-4-5-8-15(14)16(12-19-3)17-9-6-10-20-17/h4-10,12H,11H2,1-3H3. The van der Waals surface area contributed by atoms with Gasteiger partial charge in [0.1, 0.15) is 12.4 Å². The average Bonchev–Trinajstić information content (AvgIpc) is 2.99. The second-order valence-corrected chi connectivity index (χ2v) is 4.71. The Kier molecular flexibility index (Phi) is 5.21. The third-order valence-electron chi connectivity index (χ3n) is 2.80. The largest absolute Gasteiger partial charge is 0.504 e. The summed E-state index contributed by atoms with van der Waals surface area (Å²) in [7, 11) is 1.62. The van der Waals surface area contributed by atoms with Crippen LogP contribution in [0, 0.1) is 0 Å². The Labute approximate surface area is 124 Å². The van der Waals surface area contributed by atoms with Crippen LogP contribution in [0.15, 0.2) is 58.5 Å². The first kappa shape index (κ1) is 14.9. The molecule has 1 aromatic carbocycles. The van der Waals surface area contributed by atoms with Crippen LogP contribution in [0.4, 0.5) is 0 Å². The number of ether oxygens (including phenoxy) is 1. The van der Waals surface area contributed by atoms with Crippen molar-refractivity contribution in [1.29, 1.82) is 0 Å². The lowest BCUT2D eigenvalue weighted by atomic mass is 9.99. The summed E-state index contributed by atoms with van der Waals surface area (Å²) in [5.74, 6) is 0.750. The Bertz CT molecular complexity index is 623. The van der Waals surface area contributed by atoms with E-state index in [4.69, 9.17) is 14.0 Å². The third-order valence-corrected chi connectivity index (χ3v) is 2.80. The van der Waals surface area contributed by atoms with E-state index in [0.29, 0.717) is 6.61 Å². The number of nitrogens with zero attached hydrogens (tertiary/aromatic N) is 1. The van der Waals surface area contributed by atoms with E-state index >= 15 is 0 Å². The fourth-order valence-electron chi connectivity index (χ4n) is 1.94. The first-order valence-electron chi connectivity index (χ1n) is 6.70. The summed E-state index contributed by atoms with van der Waals surface area (Å²) in [6, 6.07) is 11.7. The predicted octanol–water partition coefficient (Wildman–Crippen LogP) is 4.23. The van der Waals surface area contributed by atoms with E-state index in [2.05, 4.69) is 5.16 Å². The van der Waals surface area contributed by atoms with Crippen LogP contribution < -0.4 is 0 Å². The van der Waals surface area contributed by atoms with Crippen molar-refractivity contribution in [3.63, 3.8) is 0 Å². The van der Waals surface area contributed by atoms with E-state index in [0.717, 1.165) is 28.2 Å². The highest BCUT2D eigenvalue weighted by atomic mass is 16.6. The monoisotopic (exact) mass is 285 g/mol. The fraction of sp³-hybridized carbons (Fsp3) is 0.235. The summed E-state index contributed by atoms with van der Waals surface area (Å²) in [5, 5.41) is 3.97. The van der Waals surface area contributed by atoms with Gasteiger partial charge in [-0.15, -0.1) is 0 Å². The third kappa shape index (κ3) is 3.99. The van der Waals surface area contributed by atoms with Gasteiger partial charge in [-0.3, -0.25) is 0 Å². The second-order valence-electron chi connectivity index (χ2n) is 4.71. The number of benzene rings is 1. The van der Waals surface area contributed by atoms with Gasteiger partial charge in [-0.05, 0) is 31.5 Å².